The van der Waals surface area contributed by atoms with Crippen molar-refractivity contribution in [1.82, 2.24) is 20.2 Å². The van der Waals surface area contributed by atoms with Crippen molar-refractivity contribution in [3.05, 3.63) is 59.4 Å². The van der Waals surface area contributed by atoms with Gasteiger partial charge in [0.25, 0.3) is 5.91 Å². The molecule has 2 aliphatic carbocycles. The van der Waals surface area contributed by atoms with Crippen molar-refractivity contribution in [2.75, 3.05) is 19.7 Å². The summed E-state index contributed by atoms with van der Waals surface area (Å²) in [6.07, 6.45) is 7.48. The van der Waals surface area contributed by atoms with Crippen LogP contribution in [0.1, 0.15) is 66.9 Å². The highest BCUT2D eigenvalue weighted by molar-refractivity contribution is 5.95. The summed E-state index contributed by atoms with van der Waals surface area (Å²) in [6, 6.07) is 9.59. The van der Waals surface area contributed by atoms with Crippen LogP contribution in [0.15, 0.2) is 42.7 Å². The van der Waals surface area contributed by atoms with Crippen molar-refractivity contribution in [3.63, 3.8) is 0 Å². The fourth-order valence-corrected chi connectivity index (χ4v) is 6.16. The van der Waals surface area contributed by atoms with Gasteiger partial charge in [0.05, 0.1) is 41.6 Å². The van der Waals surface area contributed by atoms with Gasteiger partial charge in [-0.05, 0) is 74.8 Å². The van der Waals surface area contributed by atoms with Gasteiger partial charge in [0.1, 0.15) is 18.1 Å². The molecule has 2 amide bonds. The minimum atomic E-state index is -0.927. The lowest BCUT2D eigenvalue weighted by Gasteiger charge is -2.57. The maximum atomic E-state index is 12.8. The Labute approximate surface area is 233 Å². The van der Waals surface area contributed by atoms with Crippen LogP contribution in [0.2, 0.25) is 0 Å². The van der Waals surface area contributed by atoms with Gasteiger partial charge in [-0.2, -0.15) is 5.10 Å². The largest absolute Gasteiger partial charge is 0.490 e. The van der Waals surface area contributed by atoms with Crippen LogP contribution in [0.4, 0.5) is 0 Å². The molecule has 40 heavy (non-hydrogen) atoms. The molecule has 0 atom stereocenters. The third-order valence-corrected chi connectivity index (χ3v) is 8.37. The van der Waals surface area contributed by atoms with Gasteiger partial charge in [0.15, 0.2) is 0 Å². The average Bonchev–Trinajstić information content (AvgIpc) is 3.20. The van der Waals surface area contributed by atoms with Crippen molar-refractivity contribution in [1.29, 1.82) is 0 Å². The Balaban J connectivity index is 0.981. The molecule has 1 aromatic carbocycles. The van der Waals surface area contributed by atoms with Gasteiger partial charge in [-0.25, -0.2) is 4.52 Å². The number of carbonyl (C=O) groups is 2. The molecule has 2 saturated carbocycles. The minimum Gasteiger partial charge on any atom is -0.490 e. The van der Waals surface area contributed by atoms with Gasteiger partial charge in [0.2, 0.25) is 5.91 Å². The Morgan fingerprint density at radius 3 is 2.65 bits per heavy atom. The SMILES string of the molecule is CC(C)(O)COc1ccc2c(CC(=O)NC3CC4(C3)CC(Oc3cc(C5CNC5)ccc3C(N)=O)C4)cnn2c1. The van der Waals surface area contributed by atoms with Crippen molar-refractivity contribution >= 4 is 17.3 Å². The lowest BCUT2D eigenvalue weighted by Crippen LogP contribution is -2.59. The number of rotatable bonds is 10. The summed E-state index contributed by atoms with van der Waals surface area (Å²) in [6.45, 7) is 5.42. The van der Waals surface area contributed by atoms with Crippen molar-refractivity contribution in [2.45, 2.75) is 69.6 Å². The molecule has 212 valence electrons. The predicted molar refractivity (Wildman–Crippen MR) is 149 cm³/mol. The molecule has 5 N–H and O–H groups in total. The molecule has 3 aromatic rings. The summed E-state index contributed by atoms with van der Waals surface area (Å²) in [4.78, 5) is 24.7. The number of ether oxygens (including phenoxy) is 2. The van der Waals surface area contributed by atoms with Gasteiger partial charge in [-0.1, -0.05) is 6.07 Å². The molecule has 1 aliphatic heterocycles. The van der Waals surface area contributed by atoms with E-state index in [-0.39, 0.29) is 36.5 Å². The van der Waals surface area contributed by atoms with E-state index in [2.05, 4.69) is 15.7 Å². The quantitative estimate of drug-likeness (QED) is 0.305. The van der Waals surface area contributed by atoms with Gasteiger partial charge >= 0.3 is 0 Å². The smallest absolute Gasteiger partial charge is 0.252 e. The molecule has 0 bridgehead atoms. The fraction of sp³-hybridized carbons (Fsp3) is 0.500. The molecule has 3 heterocycles. The van der Waals surface area contributed by atoms with Gasteiger partial charge in [-0.3, -0.25) is 9.59 Å². The van der Waals surface area contributed by atoms with Gasteiger partial charge in [-0.15, -0.1) is 0 Å². The van der Waals surface area contributed by atoms with E-state index in [0.29, 0.717) is 23.0 Å². The van der Waals surface area contributed by atoms with Crippen molar-refractivity contribution in [3.8, 4) is 11.5 Å². The number of pyridine rings is 1. The maximum absolute atomic E-state index is 12.8. The first kappa shape index (κ1) is 26.6. The van der Waals surface area contributed by atoms with Gasteiger partial charge in [0, 0.05) is 30.6 Å². The molecule has 0 unspecified atom stereocenters. The number of hydrogen-bond donors (Lipinski definition) is 4. The highest BCUT2D eigenvalue weighted by Gasteiger charge is 2.54. The molecule has 3 fully saturated rings. The van der Waals surface area contributed by atoms with Crippen molar-refractivity contribution in [2.24, 2.45) is 11.1 Å². The second kappa shape index (κ2) is 10.1. The standard InChI is InChI=1S/C30H37N5O5/c1-29(2,38)17-39-22-4-6-25-19(15-33-35(25)16-22)8-27(36)34-21-9-30(10-21)11-23(12-30)40-26-7-18(20-13-32-14-20)3-5-24(26)28(31)37/h3-7,15-16,20-21,23,32,38H,8-14,17H2,1-2H3,(H2,31,37)(H,34,36). The summed E-state index contributed by atoms with van der Waals surface area (Å²) < 4.78 is 13.6. The number of hydrogen-bond acceptors (Lipinski definition) is 7. The summed E-state index contributed by atoms with van der Waals surface area (Å²) in [7, 11) is 0. The zero-order valence-electron chi connectivity index (χ0n) is 23.0. The second-order valence-electron chi connectivity index (χ2n) is 12.4. The predicted octanol–water partition coefficient (Wildman–Crippen LogP) is 2.32. The molecule has 10 nitrogen and oxygen atoms in total. The Morgan fingerprint density at radius 1 is 1.20 bits per heavy atom. The molecule has 1 saturated heterocycles. The van der Waals surface area contributed by atoms with E-state index in [0.717, 1.165) is 49.9 Å². The summed E-state index contributed by atoms with van der Waals surface area (Å²) >= 11 is 0. The maximum Gasteiger partial charge on any atom is 0.252 e. The average molecular weight is 548 g/mol. The minimum absolute atomic E-state index is 0.0161. The van der Waals surface area contributed by atoms with E-state index in [1.165, 1.54) is 5.56 Å². The fourth-order valence-electron chi connectivity index (χ4n) is 6.16. The van der Waals surface area contributed by atoms with Crippen LogP contribution < -0.4 is 25.8 Å². The topological polar surface area (TPSA) is 140 Å². The molecule has 1 spiro atoms. The highest BCUT2D eigenvalue weighted by Crippen LogP contribution is 2.57. The Morgan fingerprint density at radius 2 is 1.98 bits per heavy atom. The number of nitrogens with two attached hydrogens (primary N) is 1. The van der Waals surface area contributed by atoms with Crippen LogP contribution in [0.25, 0.3) is 5.52 Å². The number of primary amides is 1. The number of amides is 2. The zero-order chi connectivity index (χ0) is 28.1. The summed E-state index contributed by atoms with van der Waals surface area (Å²) in [5.41, 5.74) is 8.18. The van der Waals surface area contributed by atoms with Crippen LogP contribution >= 0.6 is 0 Å². The van der Waals surface area contributed by atoms with E-state index >= 15 is 0 Å². The molecule has 3 aliphatic rings. The number of benzene rings is 1. The number of nitrogens with zero attached hydrogens (tertiary/aromatic N) is 2. The molecule has 6 rings (SSSR count). The summed E-state index contributed by atoms with van der Waals surface area (Å²) in [5.74, 6) is 1.15. The second-order valence-corrected chi connectivity index (χ2v) is 12.4. The monoisotopic (exact) mass is 547 g/mol. The Hall–Kier alpha value is -3.63. The van der Waals surface area contributed by atoms with Crippen LogP contribution in [-0.2, 0) is 11.2 Å². The lowest BCUT2D eigenvalue weighted by atomic mass is 9.53. The molecule has 2 aromatic heterocycles. The Bertz CT molecular complexity index is 1430. The zero-order valence-corrected chi connectivity index (χ0v) is 23.0. The Kier molecular flexibility index (Phi) is 6.70. The first-order valence-corrected chi connectivity index (χ1v) is 14.0. The van der Waals surface area contributed by atoms with Crippen LogP contribution in [0.5, 0.6) is 11.5 Å². The van der Waals surface area contributed by atoms with E-state index in [1.807, 2.05) is 24.3 Å². The molecular formula is C30H37N5O5. The van der Waals surface area contributed by atoms with E-state index in [4.69, 9.17) is 15.2 Å². The van der Waals surface area contributed by atoms with Crippen LogP contribution in [-0.4, -0.2) is 64.0 Å². The van der Waals surface area contributed by atoms with E-state index < -0.39 is 11.5 Å². The number of nitrogens with one attached hydrogen (secondary N) is 2. The van der Waals surface area contributed by atoms with Gasteiger partial charge < -0.3 is 30.9 Å². The summed E-state index contributed by atoms with van der Waals surface area (Å²) in [5, 5.41) is 20.7. The molecule has 10 heteroatoms. The first-order valence-electron chi connectivity index (χ1n) is 14.0. The third-order valence-electron chi connectivity index (χ3n) is 8.37. The first-order chi connectivity index (χ1) is 19.1. The lowest BCUT2D eigenvalue weighted by molar-refractivity contribution is -0.126. The van der Waals surface area contributed by atoms with Crippen LogP contribution in [0.3, 0.4) is 0 Å². The number of aromatic nitrogens is 2. The van der Waals surface area contributed by atoms with E-state index in [9.17, 15) is 14.7 Å². The normalized spacial score (nSPS) is 24.2. The number of aliphatic hydroxyl groups is 1. The highest BCUT2D eigenvalue weighted by atomic mass is 16.5. The number of carbonyl (C=O) groups excluding carboxylic acids is 2. The molecular weight excluding hydrogens is 510 g/mol. The van der Waals surface area contributed by atoms with Crippen LogP contribution in [0, 0.1) is 5.41 Å². The molecule has 0 radical (unpaired) electrons. The number of fused-ring (bicyclic) bond motifs is 1. The third kappa shape index (κ3) is 5.51. The van der Waals surface area contributed by atoms with Crippen molar-refractivity contribution < 1.29 is 24.2 Å². The van der Waals surface area contributed by atoms with E-state index in [1.54, 1.807) is 36.8 Å².